The summed E-state index contributed by atoms with van der Waals surface area (Å²) in [5, 5.41) is 0. The van der Waals surface area contributed by atoms with Crippen LogP contribution >= 0.6 is 0 Å². The summed E-state index contributed by atoms with van der Waals surface area (Å²) in [6.45, 7) is 0. The fourth-order valence-corrected chi connectivity index (χ4v) is 2.58. The smallest absolute Gasteiger partial charge is 0.286 e. The monoisotopic (exact) mass is 482 g/mol. The fourth-order valence-electron chi connectivity index (χ4n) is 2.58. The van der Waals surface area contributed by atoms with Crippen LogP contribution in [0.4, 0.5) is 0 Å². The molecule has 172 valence electrons. The minimum atomic E-state index is -0.399. The predicted molar refractivity (Wildman–Crippen MR) is 118 cm³/mol. The second-order valence-electron chi connectivity index (χ2n) is 6.50. The van der Waals surface area contributed by atoms with Gasteiger partial charge in [-0.25, -0.2) is 12.1 Å². The van der Waals surface area contributed by atoms with E-state index in [1.807, 2.05) is 0 Å². The van der Waals surface area contributed by atoms with Gasteiger partial charge in [0.2, 0.25) is 0 Å². The summed E-state index contributed by atoms with van der Waals surface area (Å²) in [4.78, 5) is 43.9. The Morgan fingerprint density at radius 1 is 0.697 bits per heavy atom. The first-order valence-corrected chi connectivity index (χ1v) is 9.57. The van der Waals surface area contributed by atoms with Crippen LogP contribution in [0.3, 0.4) is 0 Å². The van der Waals surface area contributed by atoms with Crippen LogP contribution in [-0.2, 0) is 17.1 Å². The molecule has 0 aliphatic heterocycles. The van der Waals surface area contributed by atoms with E-state index in [2.05, 4.69) is 0 Å². The summed E-state index contributed by atoms with van der Waals surface area (Å²) in [6, 6.07) is 26.6. The molecule has 4 aromatic rings. The normalized spacial score (nSPS) is 9.45. The Bertz CT molecular complexity index is 1060. The standard InChI is InChI=1S/2C13H9O3.Fe/c2*14-9-10-5-7-12(8-6-10)16-13(15)11-3-1-2-4-11;/h2*1-9H;/q-5;-1;. The number of carbonyl (C=O) groups excluding carboxylic acids is 4. The molecule has 0 radical (unpaired) electrons. The van der Waals surface area contributed by atoms with Gasteiger partial charge in [0.15, 0.2) is 0 Å². The molecule has 7 heteroatoms. The molecule has 0 saturated heterocycles. The average Bonchev–Trinajstić information content (AvgIpc) is 3.55. The van der Waals surface area contributed by atoms with Crippen molar-refractivity contribution in [2.75, 3.05) is 0 Å². The molecule has 0 spiro atoms. The maximum atomic E-state index is 11.5. The molecule has 0 bridgehead atoms. The Hall–Kier alpha value is -4.06. The summed E-state index contributed by atoms with van der Waals surface area (Å²) < 4.78 is 10.2. The number of rotatable bonds is 6. The molecule has 0 aliphatic rings. The van der Waals surface area contributed by atoms with Crippen molar-refractivity contribution in [2.45, 2.75) is 0 Å². The fraction of sp³-hybridized carbons (Fsp3) is 0. The van der Waals surface area contributed by atoms with E-state index in [1.165, 1.54) is 0 Å². The van der Waals surface area contributed by atoms with Crippen LogP contribution < -0.4 is 9.47 Å². The van der Waals surface area contributed by atoms with Crippen LogP contribution in [0, 0.1) is 0 Å². The van der Waals surface area contributed by atoms with E-state index >= 15 is 0 Å². The molecule has 0 aromatic heterocycles. The summed E-state index contributed by atoms with van der Waals surface area (Å²) in [6.07, 6.45) is 1.48. The third kappa shape index (κ3) is 7.54. The van der Waals surface area contributed by atoms with Gasteiger partial charge in [-0.15, -0.1) is 0 Å². The molecular formula is C26H18FeO6-6. The third-order valence-electron chi connectivity index (χ3n) is 4.25. The summed E-state index contributed by atoms with van der Waals surface area (Å²) >= 11 is 0. The molecular weight excluding hydrogens is 464 g/mol. The van der Waals surface area contributed by atoms with E-state index in [0.29, 0.717) is 33.8 Å². The van der Waals surface area contributed by atoms with Crippen molar-refractivity contribution in [3.05, 3.63) is 119 Å². The van der Waals surface area contributed by atoms with E-state index in [4.69, 9.17) is 9.47 Å². The molecule has 0 amide bonds. The Labute approximate surface area is 201 Å². The van der Waals surface area contributed by atoms with Crippen LogP contribution in [0.2, 0.25) is 0 Å². The molecule has 0 unspecified atom stereocenters. The summed E-state index contributed by atoms with van der Waals surface area (Å²) in [5.41, 5.74) is 2.13. The van der Waals surface area contributed by atoms with Gasteiger partial charge in [-0.05, 0) is 48.5 Å². The Morgan fingerprint density at radius 3 is 1.55 bits per heavy atom. The van der Waals surface area contributed by atoms with E-state index in [-0.39, 0.29) is 17.1 Å². The second-order valence-corrected chi connectivity index (χ2v) is 6.50. The van der Waals surface area contributed by atoms with Crippen molar-refractivity contribution < 1.29 is 45.7 Å². The number of ether oxygens (including phenoxy) is 2. The number of hydrogen-bond donors (Lipinski definition) is 0. The zero-order valence-electron chi connectivity index (χ0n) is 17.2. The molecule has 0 saturated carbocycles. The van der Waals surface area contributed by atoms with Gasteiger partial charge in [0, 0.05) is 28.2 Å². The van der Waals surface area contributed by atoms with Gasteiger partial charge in [-0.3, -0.25) is 14.4 Å². The van der Waals surface area contributed by atoms with Crippen molar-refractivity contribution in [1.82, 2.24) is 0 Å². The number of aldehydes is 2. The topological polar surface area (TPSA) is 86.7 Å². The molecule has 33 heavy (non-hydrogen) atoms. The molecule has 6 nitrogen and oxygen atoms in total. The van der Waals surface area contributed by atoms with E-state index in [0.717, 1.165) is 12.6 Å². The Balaban J connectivity index is 0.000000227. The minimum absolute atomic E-state index is 0. The average molecular weight is 482 g/mol. The maximum Gasteiger partial charge on any atom is 0.286 e. The zero-order valence-corrected chi connectivity index (χ0v) is 18.3. The van der Waals surface area contributed by atoms with E-state index in [9.17, 15) is 19.2 Å². The van der Waals surface area contributed by atoms with Crippen molar-refractivity contribution in [3.63, 3.8) is 0 Å². The van der Waals surface area contributed by atoms with Gasteiger partial charge in [-0.1, -0.05) is 11.5 Å². The predicted octanol–water partition coefficient (Wildman–Crippen LogP) is 4.87. The maximum absolute atomic E-state index is 11.5. The Kier molecular flexibility index (Phi) is 9.71. The van der Waals surface area contributed by atoms with Crippen LogP contribution in [0.1, 0.15) is 41.4 Å². The SMILES string of the molecule is O=Cc1ccc(OC(=O)[c-]2[cH-][cH-][cH-][cH-]2)cc1.O=Cc1ccc(OC(=O)[c-]2cccc2)cc1.[Fe]. The minimum Gasteiger partial charge on any atom is -0.680 e. The van der Waals surface area contributed by atoms with Gasteiger partial charge < -0.3 is 44.1 Å². The third-order valence-corrected chi connectivity index (χ3v) is 4.25. The van der Waals surface area contributed by atoms with Gasteiger partial charge in [0.1, 0.15) is 18.3 Å². The van der Waals surface area contributed by atoms with Gasteiger partial charge in [0.05, 0.1) is 5.75 Å². The molecule has 0 heterocycles. The molecule has 4 rings (SSSR count). The number of carbonyl (C=O) groups is 4. The molecule has 4 aromatic carbocycles. The van der Waals surface area contributed by atoms with Crippen molar-refractivity contribution in [2.24, 2.45) is 0 Å². The Morgan fingerprint density at radius 2 is 1.12 bits per heavy atom. The number of benzene rings is 2. The van der Waals surface area contributed by atoms with Gasteiger partial charge >= 0.3 is 0 Å². The van der Waals surface area contributed by atoms with Crippen LogP contribution in [-0.4, -0.2) is 24.5 Å². The van der Waals surface area contributed by atoms with Crippen molar-refractivity contribution >= 4 is 24.5 Å². The van der Waals surface area contributed by atoms with Crippen LogP contribution in [0.5, 0.6) is 11.5 Å². The van der Waals surface area contributed by atoms with E-state index < -0.39 is 11.9 Å². The summed E-state index contributed by atoms with van der Waals surface area (Å²) in [7, 11) is 0. The van der Waals surface area contributed by atoms with Crippen molar-refractivity contribution in [3.8, 4) is 11.5 Å². The van der Waals surface area contributed by atoms with Crippen molar-refractivity contribution in [1.29, 1.82) is 0 Å². The van der Waals surface area contributed by atoms with Crippen LogP contribution in [0.25, 0.3) is 0 Å². The van der Waals surface area contributed by atoms with Crippen LogP contribution in [0.15, 0.2) is 97.1 Å². The number of hydrogen-bond acceptors (Lipinski definition) is 6. The molecule has 0 N–H and O–H groups in total. The first kappa shape index (κ1) is 25.2. The second kappa shape index (κ2) is 12.7. The molecule has 0 fully saturated rings. The first-order chi connectivity index (χ1) is 15.6. The quantitative estimate of drug-likeness (QED) is 0.128. The van der Waals surface area contributed by atoms with Gasteiger partial charge in [-0.2, -0.15) is 12.1 Å². The number of esters is 2. The molecule has 0 aliphatic carbocycles. The molecule has 0 atom stereocenters. The zero-order chi connectivity index (χ0) is 22.8. The van der Waals surface area contributed by atoms with Gasteiger partial charge in [0.25, 0.3) is 5.97 Å². The first-order valence-electron chi connectivity index (χ1n) is 9.57. The van der Waals surface area contributed by atoms with E-state index in [1.54, 1.807) is 97.1 Å². The summed E-state index contributed by atoms with van der Waals surface area (Å²) in [5.74, 6) is 0.0568. The largest absolute Gasteiger partial charge is 0.680 e.